The molecule has 0 unspecified atom stereocenters. The summed E-state index contributed by atoms with van der Waals surface area (Å²) >= 11 is 0. The van der Waals surface area contributed by atoms with Crippen LogP contribution in [0.15, 0.2) is 24.3 Å². The van der Waals surface area contributed by atoms with Crippen LogP contribution < -0.4 is 10.7 Å². The molecule has 1 aliphatic carbocycles. The lowest BCUT2D eigenvalue weighted by Crippen LogP contribution is -2.90. The van der Waals surface area contributed by atoms with Crippen LogP contribution in [0.5, 0.6) is 0 Å². The van der Waals surface area contributed by atoms with E-state index < -0.39 is 22.2 Å². The number of aryl methyl sites for hydroxylation is 1. The van der Waals surface area contributed by atoms with E-state index in [2.05, 4.69) is 17.1 Å². The Morgan fingerprint density at radius 2 is 1.92 bits per heavy atom. The molecule has 3 N–H and O–H groups in total. The Balaban J connectivity index is 1.98. The maximum absolute atomic E-state index is 10.2. The van der Waals surface area contributed by atoms with Gasteiger partial charge in [0, 0.05) is 0 Å². The lowest BCUT2D eigenvalue weighted by molar-refractivity contribution is -0.679. The number of hydrogen-bond acceptors (Lipinski definition) is 5. The molecule has 3 aliphatic rings. The van der Waals surface area contributed by atoms with Crippen molar-refractivity contribution in [1.82, 2.24) is 0 Å². The van der Waals surface area contributed by atoms with Gasteiger partial charge >= 0.3 is 5.91 Å². The van der Waals surface area contributed by atoms with E-state index in [1.807, 2.05) is 45.0 Å². The minimum Gasteiger partial charge on any atom is -0.311 e. The number of rotatable bonds is 1. The van der Waals surface area contributed by atoms with Crippen molar-refractivity contribution in [3.63, 3.8) is 0 Å². The molecule has 1 spiro atoms. The van der Waals surface area contributed by atoms with Crippen LogP contribution in [0.2, 0.25) is 0 Å². The second-order valence-electron chi connectivity index (χ2n) is 7.11. The highest BCUT2D eigenvalue weighted by atomic mass is 16.8. The van der Waals surface area contributed by atoms with Gasteiger partial charge in [0.15, 0.2) is 10.8 Å². The van der Waals surface area contributed by atoms with Gasteiger partial charge in [-0.3, -0.25) is 5.73 Å². The van der Waals surface area contributed by atoms with Crippen molar-refractivity contribution in [1.29, 1.82) is 10.5 Å². The number of nitrogens with zero attached hydrogens (tertiary/aromatic N) is 2. The Morgan fingerprint density at radius 3 is 2.42 bits per heavy atom. The molecule has 1 aromatic carbocycles. The average molecular weight is 323 g/mol. The minimum atomic E-state index is -1.39. The molecule has 6 heteroatoms. The molecule has 1 saturated carbocycles. The van der Waals surface area contributed by atoms with Gasteiger partial charge < -0.3 is 9.47 Å². The first-order chi connectivity index (χ1) is 11.3. The molecule has 24 heavy (non-hydrogen) atoms. The van der Waals surface area contributed by atoms with Gasteiger partial charge in [-0.1, -0.05) is 36.8 Å². The molecule has 0 bridgehead atoms. The highest BCUT2D eigenvalue weighted by molar-refractivity contribution is 5.97. The number of nitrogens with two attached hydrogens (primary N) is 1. The van der Waals surface area contributed by atoms with Crippen molar-refractivity contribution in [3.8, 4) is 12.1 Å². The molecule has 122 valence electrons. The fourth-order valence-corrected chi connectivity index (χ4v) is 4.82. The van der Waals surface area contributed by atoms with Crippen molar-refractivity contribution < 1.29 is 14.5 Å². The summed E-state index contributed by atoms with van der Waals surface area (Å²) in [7, 11) is 0. The number of nitriles is 2. The van der Waals surface area contributed by atoms with E-state index in [1.54, 1.807) is 0 Å². The van der Waals surface area contributed by atoms with Gasteiger partial charge in [-0.05, 0) is 19.4 Å². The summed E-state index contributed by atoms with van der Waals surface area (Å²) in [5, 5.41) is 20.2. The van der Waals surface area contributed by atoms with E-state index in [0.29, 0.717) is 6.61 Å². The third-order valence-electron chi connectivity index (χ3n) is 6.05. The third kappa shape index (κ3) is 1.18. The van der Waals surface area contributed by atoms with Crippen LogP contribution in [0.4, 0.5) is 0 Å². The summed E-state index contributed by atoms with van der Waals surface area (Å²) in [6.07, 6.45) is -0.187. The largest absolute Gasteiger partial charge is 0.344 e. The Bertz CT molecular complexity index is 851. The molecule has 2 fully saturated rings. The lowest BCUT2D eigenvalue weighted by atomic mass is 9.84. The van der Waals surface area contributed by atoms with Crippen LogP contribution >= 0.6 is 0 Å². The van der Waals surface area contributed by atoms with E-state index in [-0.39, 0.29) is 11.9 Å². The van der Waals surface area contributed by atoms with Gasteiger partial charge in [0.1, 0.15) is 0 Å². The predicted octanol–water partition coefficient (Wildman–Crippen LogP) is -0.173. The first-order valence-electron chi connectivity index (χ1n) is 7.98. The van der Waals surface area contributed by atoms with Crippen molar-refractivity contribution >= 4 is 5.84 Å². The molecular formula is C18H19N4O2+. The highest BCUT2D eigenvalue weighted by Gasteiger charge is 3.03. The van der Waals surface area contributed by atoms with Crippen LogP contribution in [0.1, 0.15) is 25.0 Å². The van der Waals surface area contributed by atoms with Crippen LogP contribution in [-0.4, -0.2) is 24.5 Å². The number of ether oxygens (including phenoxy) is 2. The van der Waals surface area contributed by atoms with E-state index >= 15 is 0 Å². The quantitative estimate of drug-likeness (QED) is 0.746. The molecule has 0 amide bonds. The zero-order chi connectivity index (χ0) is 17.4. The SMILES string of the molecule is Cc1ccc([C@]2(C)[C@]3(C#N)C(N)=[NH+][C@@]4(OC[C@H](C)O4)[C@@]32C#N)cc1. The van der Waals surface area contributed by atoms with Gasteiger partial charge in [0.2, 0.25) is 0 Å². The van der Waals surface area contributed by atoms with E-state index in [9.17, 15) is 10.5 Å². The zero-order valence-electron chi connectivity index (χ0n) is 13.9. The summed E-state index contributed by atoms with van der Waals surface area (Å²) in [6, 6.07) is 12.5. The Labute approximate surface area is 140 Å². The molecule has 2 heterocycles. The van der Waals surface area contributed by atoms with Crippen LogP contribution in [0.25, 0.3) is 0 Å². The highest BCUT2D eigenvalue weighted by Crippen LogP contribution is 2.82. The predicted molar refractivity (Wildman–Crippen MR) is 84.0 cm³/mol. The Morgan fingerprint density at radius 1 is 1.25 bits per heavy atom. The Kier molecular flexibility index (Phi) is 2.62. The van der Waals surface area contributed by atoms with Gasteiger partial charge in [-0.2, -0.15) is 10.5 Å². The second-order valence-corrected chi connectivity index (χ2v) is 7.11. The molecule has 5 atom stereocenters. The molecule has 0 radical (unpaired) electrons. The molecule has 6 nitrogen and oxygen atoms in total. The third-order valence-corrected chi connectivity index (χ3v) is 6.05. The van der Waals surface area contributed by atoms with E-state index in [0.717, 1.165) is 11.1 Å². The van der Waals surface area contributed by atoms with Crippen LogP contribution in [0.3, 0.4) is 0 Å². The van der Waals surface area contributed by atoms with Crippen LogP contribution in [-0.2, 0) is 14.9 Å². The van der Waals surface area contributed by atoms with Crippen molar-refractivity contribution in [2.45, 2.75) is 38.2 Å². The first-order valence-corrected chi connectivity index (χ1v) is 7.98. The topological polar surface area (TPSA) is 106 Å². The van der Waals surface area contributed by atoms with Crippen molar-refractivity contribution in [3.05, 3.63) is 35.4 Å². The summed E-state index contributed by atoms with van der Waals surface area (Å²) in [6.45, 7) is 6.11. The van der Waals surface area contributed by atoms with E-state index in [1.165, 1.54) is 0 Å². The maximum Gasteiger partial charge on any atom is 0.344 e. The monoisotopic (exact) mass is 323 g/mol. The fourth-order valence-electron chi connectivity index (χ4n) is 4.82. The van der Waals surface area contributed by atoms with E-state index in [4.69, 9.17) is 15.2 Å². The van der Waals surface area contributed by atoms with Crippen LogP contribution in [0, 0.1) is 40.4 Å². The molecular weight excluding hydrogens is 304 g/mol. The Hall–Kier alpha value is -2.41. The van der Waals surface area contributed by atoms with Crippen molar-refractivity contribution in [2.75, 3.05) is 6.61 Å². The molecule has 1 aromatic rings. The minimum absolute atomic E-state index is 0.187. The number of benzene rings is 1. The zero-order valence-corrected chi connectivity index (χ0v) is 13.9. The number of hydrogen-bond donors (Lipinski definition) is 2. The van der Waals surface area contributed by atoms with Gasteiger partial charge in [-0.15, -0.1) is 0 Å². The lowest BCUT2D eigenvalue weighted by Gasteiger charge is -2.27. The maximum atomic E-state index is 10.2. The second kappa shape index (κ2) is 4.16. The van der Waals surface area contributed by atoms with Crippen molar-refractivity contribution in [2.24, 2.45) is 16.6 Å². The summed E-state index contributed by atoms with van der Waals surface area (Å²) < 4.78 is 11.9. The fraction of sp³-hybridized carbons (Fsp3) is 0.500. The summed E-state index contributed by atoms with van der Waals surface area (Å²) in [5.41, 5.74) is 4.96. The molecule has 1 saturated heterocycles. The smallest absolute Gasteiger partial charge is 0.311 e. The summed E-state index contributed by atoms with van der Waals surface area (Å²) in [5.74, 6) is -1.15. The van der Waals surface area contributed by atoms with Gasteiger partial charge in [0.25, 0.3) is 5.84 Å². The number of fused-ring (bicyclic) bond motifs is 2. The molecule has 0 aromatic heterocycles. The van der Waals surface area contributed by atoms with Gasteiger partial charge in [-0.25, -0.2) is 4.99 Å². The number of nitrogens with one attached hydrogen (secondary N) is 1. The average Bonchev–Trinajstić information content (AvgIpc) is 2.75. The molecule has 2 aliphatic heterocycles. The normalized spacial score (nSPS) is 45.4. The van der Waals surface area contributed by atoms with Gasteiger partial charge in [0.05, 0.1) is 30.3 Å². The first kappa shape index (κ1) is 15.1. The number of amidine groups is 1. The summed E-state index contributed by atoms with van der Waals surface area (Å²) in [4.78, 5) is 2.98. The standard InChI is InChI=1S/C18H18N4O2/c1-11-4-6-13(7-5-11)15(3)16(9-19)14(21)22-18(17(15,16)10-20)23-8-12(2)24-18/h4-7,12H,8H2,1-3H3,(H2,21,22)/p+1/t12-,15+,16-,17+,18+/m0/s1. The molecule has 4 rings (SSSR count).